The summed E-state index contributed by atoms with van der Waals surface area (Å²) in [6, 6.07) is 0. The third kappa shape index (κ3) is 15.3. The number of amides is 1. The fourth-order valence-electron chi connectivity index (χ4n) is 1.25. The predicted molar refractivity (Wildman–Crippen MR) is 74.0 cm³/mol. The molecule has 0 unspecified atom stereocenters. The molecule has 0 heterocycles. The maximum atomic E-state index is 10.9. The Bertz CT molecular complexity index is 203. The van der Waals surface area contributed by atoms with Gasteiger partial charge in [-0.25, -0.2) is 0 Å². The van der Waals surface area contributed by atoms with Gasteiger partial charge in [0.2, 0.25) is 5.91 Å². The Morgan fingerprint density at radius 3 is 2.00 bits per heavy atom. The third-order valence-corrected chi connectivity index (χ3v) is 2.35. The molecule has 0 aliphatic heterocycles. The fourth-order valence-corrected chi connectivity index (χ4v) is 1.25. The van der Waals surface area contributed by atoms with Gasteiger partial charge in [-0.2, -0.15) is 0 Å². The molecule has 0 saturated heterocycles. The van der Waals surface area contributed by atoms with Crippen LogP contribution >= 0.6 is 0 Å². The highest BCUT2D eigenvalue weighted by atomic mass is 16.5. The van der Waals surface area contributed by atoms with Crippen LogP contribution in [0, 0.1) is 0 Å². The lowest BCUT2D eigenvalue weighted by Crippen LogP contribution is -2.24. The summed E-state index contributed by atoms with van der Waals surface area (Å²) in [5.74, 6) is 0.0815. The topological polar surface area (TPSA) is 82.8 Å². The van der Waals surface area contributed by atoms with Gasteiger partial charge in [-0.05, 0) is 19.4 Å². The van der Waals surface area contributed by atoms with E-state index in [2.05, 4.69) is 5.32 Å². The zero-order chi connectivity index (χ0) is 14.2. The molecule has 0 rings (SSSR count). The van der Waals surface area contributed by atoms with Gasteiger partial charge < -0.3 is 25.3 Å². The largest absolute Gasteiger partial charge is 0.379 e. The van der Waals surface area contributed by atoms with Crippen molar-refractivity contribution in [3.8, 4) is 0 Å². The molecule has 0 fully saturated rings. The molecule has 6 nitrogen and oxygen atoms in total. The van der Waals surface area contributed by atoms with Crippen LogP contribution in [0.15, 0.2) is 0 Å². The molecule has 0 aromatic carbocycles. The van der Waals surface area contributed by atoms with Gasteiger partial charge in [-0.3, -0.25) is 4.79 Å². The molecule has 19 heavy (non-hydrogen) atoms. The Morgan fingerprint density at radius 1 is 0.947 bits per heavy atom. The number of nitrogens with one attached hydrogen (secondary N) is 1. The van der Waals surface area contributed by atoms with Gasteiger partial charge in [0.25, 0.3) is 0 Å². The van der Waals surface area contributed by atoms with E-state index in [0.29, 0.717) is 59.2 Å². The van der Waals surface area contributed by atoms with Crippen molar-refractivity contribution in [1.29, 1.82) is 0 Å². The van der Waals surface area contributed by atoms with Gasteiger partial charge in [0.05, 0.1) is 26.4 Å². The van der Waals surface area contributed by atoms with Gasteiger partial charge >= 0.3 is 0 Å². The van der Waals surface area contributed by atoms with E-state index in [9.17, 15) is 4.79 Å². The lowest BCUT2D eigenvalue weighted by atomic mass is 10.4. The van der Waals surface area contributed by atoms with Crippen molar-refractivity contribution < 1.29 is 19.0 Å². The normalized spacial score (nSPS) is 10.6. The molecular formula is C13H28N2O4. The highest BCUT2D eigenvalue weighted by Gasteiger charge is 1.95. The average Bonchev–Trinajstić information content (AvgIpc) is 2.43. The second-order valence-corrected chi connectivity index (χ2v) is 4.04. The van der Waals surface area contributed by atoms with Gasteiger partial charge in [-0.15, -0.1) is 0 Å². The first kappa shape index (κ1) is 18.3. The second kappa shape index (κ2) is 15.4. The van der Waals surface area contributed by atoms with Crippen LogP contribution in [0.5, 0.6) is 0 Å². The van der Waals surface area contributed by atoms with E-state index in [4.69, 9.17) is 19.9 Å². The number of hydrogen-bond acceptors (Lipinski definition) is 5. The van der Waals surface area contributed by atoms with Crippen molar-refractivity contribution in [3.05, 3.63) is 0 Å². The molecule has 0 aromatic rings. The van der Waals surface area contributed by atoms with Crippen molar-refractivity contribution in [2.75, 3.05) is 52.7 Å². The van der Waals surface area contributed by atoms with Crippen LogP contribution < -0.4 is 11.1 Å². The molecule has 1 amide bonds. The monoisotopic (exact) mass is 276 g/mol. The van der Waals surface area contributed by atoms with Gasteiger partial charge in [-0.1, -0.05) is 6.92 Å². The first-order chi connectivity index (χ1) is 9.31. The lowest BCUT2D eigenvalue weighted by molar-refractivity contribution is -0.120. The van der Waals surface area contributed by atoms with Crippen molar-refractivity contribution in [1.82, 2.24) is 5.32 Å². The van der Waals surface area contributed by atoms with E-state index in [1.54, 1.807) is 0 Å². The Hall–Kier alpha value is -0.690. The molecule has 0 atom stereocenters. The molecular weight excluding hydrogens is 248 g/mol. The van der Waals surface area contributed by atoms with Crippen LogP contribution in [-0.4, -0.2) is 58.6 Å². The molecule has 0 saturated carbocycles. The van der Waals surface area contributed by atoms with Crippen LogP contribution in [-0.2, 0) is 19.0 Å². The fraction of sp³-hybridized carbons (Fsp3) is 0.923. The number of nitrogens with two attached hydrogens (primary N) is 1. The smallest absolute Gasteiger partial charge is 0.219 e. The summed E-state index contributed by atoms with van der Waals surface area (Å²) in [5, 5.41) is 2.79. The van der Waals surface area contributed by atoms with E-state index in [0.717, 1.165) is 12.8 Å². The molecule has 6 heteroatoms. The predicted octanol–water partition coefficient (Wildman–Crippen LogP) is 0.301. The van der Waals surface area contributed by atoms with Crippen molar-refractivity contribution in [2.45, 2.75) is 26.2 Å². The summed E-state index contributed by atoms with van der Waals surface area (Å²) < 4.78 is 16.0. The van der Waals surface area contributed by atoms with Crippen LogP contribution in [0.3, 0.4) is 0 Å². The van der Waals surface area contributed by atoms with Crippen molar-refractivity contribution in [3.63, 3.8) is 0 Å². The summed E-state index contributed by atoms with van der Waals surface area (Å²) in [7, 11) is 0. The molecule has 0 aliphatic carbocycles. The quantitative estimate of drug-likeness (QED) is 0.446. The molecule has 0 spiro atoms. The summed E-state index contributed by atoms with van der Waals surface area (Å²) in [4.78, 5) is 10.9. The molecule has 0 aromatic heterocycles. The van der Waals surface area contributed by atoms with Gasteiger partial charge in [0.1, 0.15) is 0 Å². The van der Waals surface area contributed by atoms with Crippen molar-refractivity contribution in [2.24, 2.45) is 5.73 Å². The Labute approximate surface area is 116 Å². The summed E-state index contributed by atoms with van der Waals surface area (Å²) in [6.07, 6.45) is 2.24. The molecule has 0 radical (unpaired) electrons. The van der Waals surface area contributed by atoms with E-state index in [1.807, 2.05) is 6.92 Å². The van der Waals surface area contributed by atoms with Crippen LogP contribution in [0.2, 0.25) is 0 Å². The Morgan fingerprint density at radius 2 is 1.47 bits per heavy atom. The lowest BCUT2D eigenvalue weighted by Gasteiger charge is -2.07. The first-order valence-electron chi connectivity index (χ1n) is 7.01. The maximum absolute atomic E-state index is 10.9. The van der Waals surface area contributed by atoms with Gasteiger partial charge in [0.15, 0.2) is 0 Å². The number of carbonyl (C=O) groups excluding carboxylic acids is 1. The number of ether oxygens (including phenoxy) is 3. The van der Waals surface area contributed by atoms with E-state index in [1.165, 1.54) is 0 Å². The van der Waals surface area contributed by atoms with Gasteiger partial charge in [0, 0.05) is 26.2 Å². The highest BCUT2D eigenvalue weighted by Crippen LogP contribution is 1.85. The van der Waals surface area contributed by atoms with Crippen LogP contribution in [0.25, 0.3) is 0 Å². The molecule has 3 N–H and O–H groups in total. The minimum Gasteiger partial charge on any atom is -0.379 e. The Balaban J connectivity index is 2.97. The molecule has 114 valence electrons. The molecule has 0 bridgehead atoms. The Kier molecular flexibility index (Phi) is 14.8. The van der Waals surface area contributed by atoms with Crippen molar-refractivity contribution >= 4 is 5.91 Å². The second-order valence-electron chi connectivity index (χ2n) is 4.04. The highest BCUT2D eigenvalue weighted by molar-refractivity contribution is 5.75. The zero-order valence-corrected chi connectivity index (χ0v) is 12.0. The minimum absolute atomic E-state index is 0.0815. The number of rotatable bonds is 14. The number of hydrogen-bond donors (Lipinski definition) is 2. The third-order valence-electron chi connectivity index (χ3n) is 2.35. The van der Waals surface area contributed by atoms with Crippen LogP contribution in [0.1, 0.15) is 26.2 Å². The SMILES string of the molecule is CCC(=O)NCCCOCCOCCOCCCN. The van der Waals surface area contributed by atoms with E-state index < -0.39 is 0 Å². The maximum Gasteiger partial charge on any atom is 0.219 e. The van der Waals surface area contributed by atoms with Crippen LogP contribution in [0.4, 0.5) is 0 Å². The standard InChI is InChI=1S/C13H28N2O4/c1-2-13(16)15-6-4-8-18-10-12-19-11-9-17-7-3-5-14/h2-12,14H2,1H3,(H,15,16). The summed E-state index contributed by atoms with van der Waals surface area (Å²) in [5.41, 5.74) is 5.33. The first-order valence-corrected chi connectivity index (χ1v) is 7.01. The minimum atomic E-state index is 0.0815. The zero-order valence-electron chi connectivity index (χ0n) is 12.0. The average molecular weight is 276 g/mol. The van der Waals surface area contributed by atoms with E-state index >= 15 is 0 Å². The summed E-state index contributed by atoms with van der Waals surface area (Å²) in [6.45, 7) is 6.83. The molecule has 0 aliphatic rings. The summed E-state index contributed by atoms with van der Waals surface area (Å²) >= 11 is 0. The number of carbonyl (C=O) groups is 1. The van der Waals surface area contributed by atoms with E-state index in [-0.39, 0.29) is 5.91 Å².